The van der Waals surface area contributed by atoms with E-state index in [9.17, 15) is 9.59 Å². The van der Waals surface area contributed by atoms with Crippen molar-refractivity contribution < 1.29 is 19.1 Å². The summed E-state index contributed by atoms with van der Waals surface area (Å²) in [4.78, 5) is 23.3. The molecule has 244 valence electrons. The molecule has 0 heterocycles. The van der Waals surface area contributed by atoms with Gasteiger partial charge in [-0.05, 0) is 148 Å². The molecular formula is C39H44N4O4. The summed E-state index contributed by atoms with van der Waals surface area (Å²) >= 11 is 0. The highest BCUT2D eigenvalue weighted by Crippen LogP contribution is 2.43. The molecule has 8 heteroatoms. The molecule has 0 spiro atoms. The second kappa shape index (κ2) is 13.8. The van der Waals surface area contributed by atoms with Crippen molar-refractivity contribution in [3.63, 3.8) is 0 Å². The van der Waals surface area contributed by atoms with Crippen molar-refractivity contribution >= 4 is 23.2 Å². The highest BCUT2D eigenvalue weighted by Gasteiger charge is 2.40. The van der Waals surface area contributed by atoms with Crippen molar-refractivity contribution in [2.45, 2.75) is 71.4 Å². The second-order valence-electron chi connectivity index (χ2n) is 13.1. The molecule has 0 aromatic heterocycles. The number of amides is 2. The van der Waals surface area contributed by atoms with Crippen molar-refractivity contribution in [3.8, 4) is 23.0 Å². The maximum atomic E-state index is 11.8. The Balaban J connectivity index is 1.07. The first-order valence-corrected chi connectivity index (χ1v) is 16.5. The van der Waals surface area contributed by atoms with E-state index < -0.39 is 11.8 Å². The lowest BCUT2D eigenvalue weighted by molar-refractivity contribution is 0.0991. The van der Waals surface area contributed by atoms with Crippen LogP contribution in [0.25, 0.3) is 0 Å². The first-order valence-electron chi connectivity index (χ1n) is 16.5. The lowest BCUT2D eigenvalue weighted by atomic mass is 9.84. The number of carbonyl (C=O) groups is 2. The Labute approximate surface area is 276 Å². The quantitative estimate of drug-likeness (QED) is 0.132. The fraction of sp³-hybridized carbons (Fsp3) is 0.333. The van der Waals surface area contributed by atoms with Gasteiger partial charge in [-0.25, -0.2) is 0 Å². The van der Waals surface area contributed by atoms with E-state index in [4.69, 9.17) is 20.9 Å². The van der Waals surface area contributed by atoms with Crippen LogP contribution in [0.3, 0.4) is 0 Å². The van der Waals surface area contributed by atoms with Crippen LogP contribution in [-0.4, -0.2) is 23.9 Å². The van der Waals surface area contributed by atoms with Gasteiger partial charge in [-0.1, -0.05) is 18.9 Å². The standard InChI is InChI=1S/C39H44N4O4/c1-23-10-14-30(22-34(23)39(41)45)47-37-19-13-27(20-25(37)3)43-36-9-5-7-33(36)32-6-4-8-35(32)42-26-11-15-28(16-12-26)46-29-17-18-31(38(40)44)24(2)21-29/h10-22,32-33,35-36,42-43H,4-9H2,1-3H3,(H2,40,44)(H2,41,45). The molecule has 2 fully saturated rings. The summed E-state index contributed by atoms with van der Waals surface area (Å²) in [6, 6.07) is 25.9. The summed E-state index contributed by atoms with van der Waals surface area (Å²) in [7, 11) is 0. The molecule has 6 rings (SSSR count). The van der Waals surface area contributed by atoms with E-state index in [1.807, 2.05) is 57.2 Å². The minimum absolute atomic E-state index is 0.420. The minimum atomic E-state index is -0.459. The Bertz CT molecular complexity index is 1770. The van der Waals surface area contributed by atoms with E-state index >= 15 is 0 Å². The molecule has 0 radical (unpaired) electrons. The third-order valence-corrected chi connectivity index (χ3v) is 9.82. The first-order chi connectivity index (χ1) is 22.6. The lowest BCUT2D eigenvalue weighted by Crippen LogP contribution is -2.36. The predicted octanol–water partition coefficient (Wildman–Crippen LogP) is 8.26. The SMILES string of the molecule is Cc1cc(NC2CCCC2C2CCCC2Nc2ccc(Oc3ccc(C(N)=O)c(C)c3)cc2)ccc1Oc1ccc(C)c(C(N)=O)c1. The normalized spacial score (nSPS) is 20.5. The minimum Gasteiger partial charge on any atom is -0.457 e. The van der Waals surface area contributed by atoms with E-state index in [0.717, 1.165) is 46.0 Å². The van der Waals surface area contributed by atoms with Crippen LogP contribution in [0.4, 0.5) is 11.4 Å². The number of nitrogens with one attached hydrogen (secondary N) is 2. The Kier molecular flexibility index (Phi) is 9.38. The summed E-state index contributed by atoms with van der Waals surface area (Å²) in [6.45, 7) is 5.76. The van der Waals surface area contributed by atoms with Crippen LogP contribution < -0.4 is 31.6 Å². The predicted molar refractivity (Wildman–Crippen MR) is 187 cm³/mol. The molecule has 2 saturated carbocycles. The topological polar surface area (TPSA) is 129 Å². The van der Waals surface area contributed by atoms with Crippen molar-refractivity contribution in [1.29, 1.82) is 0 Å². The zero-order valence-corrected chi connectivity index (χ0v) is 27.3. The Morgan fingerprint density at radius 2 is 1.15 bits per heavy atom. The third-order valence-electron chi connectivity index (χ3n) is 9.82. The number of carbonyl (C=O) groups excluding carboxylic acids is 2. The molecule has 8 nitrogen and oxygen atoms in total. The van der Waals surface area contributed by atoms with Gasteiger partial charge in [0.15, 0.2) is 0 Å². The van der Waals surface area contributed by atoms with Gasteiger partial charge < -0.3 is 31.6 Å². The van der Waals surface area contributed by atoms with E-state index in [-0.39, 0.29) is 0 Å². The largest absolute Gasteiger partial charge is 0.457 e. The molecule has 2 aliphatic carbocycles. The average molecular weight is 633 g/mol. The van der Waals surface area contributed by atoms with Gasteiger partial charge >= 0.3 is 0 Å². The zero-order chi connectivity index (χ0) is 33.1. The van der Waals surface area contributed by atoms with E-state index in [1.54, 1.807) is 18.2 Å². The monoisotopic (exact) mass is 632 g/mol. The zero-order valence-electron chi connectivity index (χ0n) is 27.3. The number of primary amides is 2. The molecule has 0 bridgehead atoms. The summed E-state index contributed by atoms with van der Waals surface area (Å²) in [5, 5.41) is 7.72. The molecule has 4 aromatic carbocycles. The molecule has 0 saturated heterocycles. The van der Waals surface area contributed by atoms with Crippen LogP contribution in [0, 0.1) is 32.6 Å². The smallest absolute Gasteiger partial charge is 0.249 e. The third kappa shape index (κ3) is 7.38. The fourth-order valence-electron chi connectivity index (χ4n) is 7.43. The maximum absolute atomic E-state index is 11.8. The molecule has 2 amide bonds. The molecule has 0 aliphatic heterocycles. The molecule has 4 aromatic rings. The number of benzene rings is 4. The van der Waals surface area contributed by atoms with Crippen molar-refractivity contribution in [3.05, 3.63) is 107 Å². The maximum Gasteiger partial charge on any atom is 0.249 e. The van der Waals surface area contributed by atoms with Crippen molar-refractivity contribution in [2.75, 3.05) is 10.6 Å². The number of nitrogens with two attached hydrogens (primary N) is 2. The lowest BCUT2D eigenvalue weighted by Gasteiger charge is -2.32. The Morgan fingerprint density at radius 3 is 1.77 bits per heavy atom. The van der Waals surface area contributed by atoms with Gasteiger partial charge in [0.05, 0.1) is 0 Å². The number of aryl methyl sites for hydroxylation is 3. The van der Waals surface area contributed by atoms with Gasteiger partial charge in [-0.2, -0.15) is 0 Å². The van der Waals surface area contributed by atoms with Crippen molar-refractivity contribution in [2.24, 2.45) is 23.3 Å². The number of rotatable bonds is 11. The number of ether oxygens (including phenoxy) is 2. The number of anilines is 2. The fourth-order valence-corrected chi connectivity index (χ4v) is 7.43. The second-order valence-corrected chi connectivity index (χ2v) is 13.1. The number of hydrogen-bond acceptors (Lipinski definition) is 6. The number of hydrogen-bond donors (Lipinski definition) is 4. The summed E-state index contributed by atoms with van der Waals surface area (Å²) in [5.41, 5.74) is 16.8. The van der Waals surface area contributed by atoms with Gasteiger partial charge in [-0.3, -0.25) is 9.59 Å². The highest BCUT2D eigenvalue weighted by molar-refractivity contribution is 5.95. The molecule has 47 heavy (non-hydrogen) atoms. The van der Waals surface area contributed by atoms with Crippen LogP contribution in [0.1, 0.15) is 75.9 Å². The van der Waals surface area contributed by atoms with Crippen LogP contribution in [0.15, 0.2) is 78.9 Å². The Hall–Kier alpha value is -4.98. The average Bonchev–Trinajstić information content (AvgIpc) is 3.69. The summed E-state index contributed by atoms with van der Waals surface area (Å²) in [5.74, 6) is 3.06. The molecule has 2 aliphatic rings. The van der Waals surface area contributed by atoms with E-state index in [0.29, 0.717) is 46.5 Å². The highest BCUT2D eigenvalue weighted by atomic mass is 16.5. The van der Waals surface area contributed by atoms with Crippen LogP contribution in [0.2, 0.25) is 0 Å². The molecule has 4 atom stereocenters. The molecule has 6 N–H and O–H groups in total. The van der Waals surface area contributed by atoms with Gasteiger partial charge in [0.2, 0.25) is 11.8 Å². The van der Waals surface area contributed by atoms with Crippen LogP contribution in [0.5, 0.6) is 23.0 Å². The van der Waals surface area contributed by atoms with E-state index in [1.165, 1.54) is 32.1 Å². The molecule has 4 unspecified atom stereocenters. The molecular weight excluding hydrogens is 588 g/mol. The van der Waals surface area contributed by atoms with Crippen LogP contribution in [-0.2, 0) is 0 Å². The van der Waals surface area contributed by atoms with Gasteiger partial charge in [0.1, 0.15) is 23.0 Å². The first kappa shape index (κ1) is 32.0. The Morgan fingerprint density at radius 1 is 0.574 bits per heavy atom. The van der Waals surface area contributed by atoms with Crippen molar-refractivity contribution in [1.82, 2.24) is 0 Å². The van der Waals surface area contributed by atoms with Crippen LogP contribution >= 0.6 is 0 Å². The summed E-state index contributed by atoms with van der Waals surface area (Å²) < 4.78 is 12.2. The van der Waals surface area contributed by atoms with Gasteiger partial charge in [0, 0.05) is 34.6 Å². The van der Waals surface area contributed by atoms with Gasteiger partial charge in [-0.15, -0.1) is 0 Å². The van der Waals surface area contributed by atoms with Gasteiger partial charge in [0.25, 0.3) is 0 Å². The van der Waals surface area contributed by atoms with E-state index in [2.05, 4.69) is 34.9 Å². The summed E-state index contributed by atoms with van der Waals surface area (Å²) in [6.07, 6.45) is 7.26.